The average molecular weight is 356 g/mol. The van der Waals surface area contributed by atoms with Crippen LogP contribution in [0.15, 0.2) is 24.3 Å². The summed E-state index contributed by atoms with van der Waals surface area (Å²) in [6.45, 7) is 3.73. The van der Waals surface area contributed by atoms with Gasteiger partial charge < -0.3 is 10.6 Å². The Balaban J connectivity index is 0.00000288. The maximum Gasteiger partial charge on any atom is 0.269 e. The van der Waals surface area contributed by atoms with Crippen molar-refractivity contribution in [2.75, 3.05) is 13.1 Å². The Morgan fingerprint density at radius 2 is 2.04 bits per heavy atom. The summed E-state index contributed by atoms with van der Waals surface area (Å²) in [6.07, 6.45) is 4.58. The Morgan fingerprint density at radius 1 is 1.33 bits per heavy atom. The van der Waals surface area contributed by atoms with Gasteiger partial charge in [0.05, 0.1) is 4.92 Å². The number of nitrogens with zero attached hydrogens (tertiary/aromatic N) is 1. The summed E-state index contributed by atoms with van der Waals surface area (Å²) in [5, 5.41) is 17.0. The second kappa shape index (κ2) is 10.3. The maximum absolute atomic E-state index is 12.1. The number of non-ortho nitro benzene ring substituents is 1. The summed E-state index contributed by atoms with van der Waals surface area (Å²) < 4.78 is 0. The molecule has 0 radical (unpaired) electrons. The first-order valence-corrected chi connectivity index (χ1v) is 8.30. The van der Waals surface area contributed by atoms with E-state index in [0.717, 1.165) is 44.2 Å². The lowest BCUT2D eigenvalue weighted by Gasteiger charge is -2.27. The number of benzene rings is 1. The number of halogens is 1. The molecule has 6 nitrogen and oxygen atoms in total. The number of nitro benzene ring substituents is 1. The largest absolute Gasteiger partial charge is 0.356 e. The molecule has 1 aromatic rings. The van der Waals surface area contributed by atoms with Crippen LogP contribution in [-0.2, 0) is 11.2 Å². The molecule has 1 aliphatic heterocycles. The summed E-state index contributed by atoms with van der Waals surface area (Å²) in [5.41, 5.74) is 1.21. The molecule has 24 heavy (non-hydrogen) atoms. The SMILES string of the molecule is C[C@H]1C[C@@H](C(=O)NCCCCc2ccc([N+](=O)[O-])cc2)CCN1.Cl. The number of aryl methyl sites for hydroxylation is 1. The van der Waals surface area contributed by atoms with Gasteiger partial charge in [-0.05, 0) is 51.1 Å². The van der Waals surface area contributed by atoms with Crippen molar-refractivity contribution in [1.82, 2.24) is 10.6 Å². The van der Waals surface area contributed by atoms with Crippen LogP contribution < -0.4 is 10.6 Å². The van der Waals surface area contributed by atoms with E-state index in [1.807, 2.05) is 0 Å². The first-order valence-electron chi connectivity index (χ1n) is 8.30. The van der Waals surface area contributed by atoms with Crippen molar-refractivity contribution in [3.63, 3.8) is 0 Å². The molecule has 1 aromatic carbocycles. The van der Waals surface area contributed by atoms with Gasteiger partial charge >= 0.3 is 0 Å². The zero-order chi connectivity index (χ0) is 16.7. The van der Waals surface area contributed by atoms with E-state index in [0.29, 0.717) is 12.6 Å². The molecule has 1 amide bonds. The normalized spacial score (nSPS) is 20.0. The van der Waals surface area contributed by atoms with Gasteiger partial charge in [-0.1, -0.05) is 12.1 Å². The highest BCUT2D eigenvalue weighted by atomic mass is 35.5. The molecule has 1 saturated heterocycles. The van der Waals surface area contributed by atoms with Gasteiger partial charge in [-0.25, -0.2) is 0 Å². The molecule has 0 unspecified atom stereocenters. The molecule has 2 atom stereocenters. The molecule has 2 N–H and O–H groups in total. The Labute approximate surface area is 149 Å². The van der Waals surface area contributed by atoms with Crippen LogP contribution in [0.1, 0.15) is 38.2 Å². The van der Waals surface area contributed by atoms with Gasteiger partial charge in [0.2, 0.25) is 5.91 Å². The monoisotopic (exact) mass is 355 g/mol. The third-order valence-corrected chi connectivity index (χ3v) is 4.33. The van der Waals surface area contributed by atoms with Crippen LogP contribution in [0.25, 0.3) is 0 Å². The van der Waals surface area contributed by atoms with Gasteiger partial charge in [0.15, 0.2) is 0 Å². The van der Waals surface area contributed by atoms with E-state index in [1.54, 1.807) is 12.1 Å². The van der Waals surface area contributed by atoms with Crippen LogP contribution in [0, 0.1) is 16.0 Å². The van der Waals surface area contributed by atoms with Crippen LogP contribution in [0.4, 0.5) is 5.69 Å². The van der Waals surface area contributed by atoms with Crippen molar-refractivity contribution >= 4 is 24.0 Å². The standard InChI is InChI=1S/C17H25N3O3.ClH/c1-13-12-15(9-11-18-13)17(21)19-10-3-2-4-14-5-7-16(8-6-14)20(22)23;/h5-8,13,15,18H,2-4,9-12H2,1H3,(H,19,21);1H/t13-,15-;/m0./s1. The molecule has 0 spiro atoms. The second-order valence-corrected chi connectivity index (χ2v) is 6.25. The molecule has 0 aromatic heterocycles. The summed E-state index contributed by atoms with van der Waals surface area (Å²) >= 11 is 0. The maximum atomic E-state index is 12.1. The van der Waals surface area contributed by atoms with Gasteiger partial charge in [0.1, 0.15) is 0 Å². The number of unbranched alkanes of at least 4 members (excludes halogenated alkanes) is 1. The number of hydrogen-bond donors (Lipinski definition) is 2. The zero-order valence-corrected chi connectivity index (χ0v) is 14.8. The molecular formula is C17H26ClN3O3. The van der Waals surface area contributed by atoms with Crippen LogP contribution in [0.2, 0.25) is 0 Å². The molecule has 0 bridgehead atoms. The number of piperidine rings is 1. The van der Waals surface area contributed by atoms with E-state index in [9.17, 15) is 14.9 Å². The van der Waals surface area contributed by atoms with Crippen LogP contribution in [0.5, 0.6) is 0 Å². The lowest BCUT2D eigenvalue weighted by Crippen LogP contribution is -2.42. The Hall–Kier alpha value is -1.66. The van der Waals surface area contributed by atoms with Gasteiger partial charge in [0, 0.05) is 30.6 Å². The van der Waals surface area contributed by atoms with Crippen LogP contribution >= 0.6 is 12.4 Å². The lowest BCUT2D eigenvalue weighted by molar-refractivity contribution is -0.384. The molecule has 0 aliphatic carbocycles. The number of rotatable bonds is 7. The highest BCUT2D eigenvalue weighted by Crippen LogP contribution is 2.16. The third-order valence-electron chi connectivity index (χ3n) is 4.33. The predicted octanol–water partition coefficient (Wildman–Crippen LogP) is 2.84. The minimum Gasteiger partial charge on any atom is -0.356 e. The molecule has 0 saturated carbocycles. The number of nitrogens with one attached hydrogen (secondary N) is 2. The van der Waals surface area contributed by atoms with Gasteiger partial charge in [0.25, 0.3) is 5.69 Å². The highest BCUT2D eigenvalue weighted by molar-refractivity contribution is 5.85. The van der Waals surface area contributed by atoms with Crippen molar-refractivity contribution < 1.29 is 9.72 Å². The minimum absolute atomic E-state index is 0. The average Bonchev–Trinajstić information content (AvgIpc) is 2.54. The molecule has 1 heterocycles. The fourth-order valence-corrected chi connectivity index (χ4v) is 2.96. The van der Waals surface area contributed by atoms with Gasteiger partial charge in [-0.15, -0.1) is 12.4 Å². The number of amides is 1. The summed E-state index contributed by atoms with van der Waals surface area (Å²) in [4.78, 5) is 22.3. The van der Waals surface area contributed by atoms with Crippen molar-refractivity contribution in [3.8, 4) is 0 Å². The van der Waals surface area contributed by atoms with Crippen molar-refractivity contribution in [1.29, 1.82) is 0 Å². The van der Waals surface area contributed by atoms with Gasteiger partial charge in [-0.3, -0.25) is 14.9 Å². The van der Waals surface area contributed by atoms with E-state index in [4.69, 9.17) is 0 Å². The fourth-order valence-electron chi connectivity index (χ4n) is 2.96. The number of nitro groups is 1. The van der Waals surface area contributed by atoms with Crippen LogP contribution in [0.3, 0.4) is 0 Å². The van der Waals surface area contributed by atoms with E-state index in [-0.39, 0.29) is 34.8 Å². The number of carbonyl (C=O) groups is 1. The molecule has 7 heteroatoms. The topological polar surface area (TPSA) is 84.3 Å². The summed E-state index contributed by atoms with van der Waals surface area (Å²) in [7, 11) is 0. The minimum atomic E-state index is -0.388. The van der Waals surface area contributed by atoms with Gasteiger partial charge in [-0.2, -0.15) is 0 Å². The van der Waals surface area contributed by atoms with Crippen molar-refractivity contribution in [3.05, 3.63) is 39.9 Å². The molecule has 134 valence electrons. The first-order chi connectivity index (χ1) is 11.1. The highest BCUT2D eigenvalue weighted by Gasteiger charge is 2.24. The van der Waals surface area contributed by atoms with E-state index < -0.39 is 0 Å². The predicted molar refractivity (Wildman–Crippen MR) is 96.5 cm³/mol. The fraction of sp³-hybridized carbons (Fsp3) is 0.588. The molecule has 1 aliphatic rings. The lowest BCUT2D eigenvalue weighted by atomic mass is 9.92. The van der Waals surface area contributed by atoms with E-state index >= 15 is 0 Å². The molecule has 1 fully saturated rings. The zero-order valence-electron chi connectivity index (χ0n) is 14.0. The molecule has 2 rings (SSSR count). The van der Waals surface area contributed by atoms with Crippen molar-refractivity contribution in [2.24, 2.45) is 5.92 Å². The molecular weight excluding hydrogens is 330 g/mol. The van der Waals surface area contributed by atoms with E-state index in [1.165, 1.54) is 12.1 Å². The number of carbonyl (C=O) groups excluding carboxylic acids is 1. The Morgan fingerprint density at radius 3 is 2.67 bits per heavy atom. The summed E-state index contributed by atoms with van der Waals surface area (Å²) in [6, 6.07) is 7.09. The Kier molecular flexibility index (Phi) is 8.71. The van der Waals surface area contributed by atoms with E-state index in [2.05, 4.69) is 17.6 Å². The van der Waals surface area contributed by atoms with Crippen LogP contribution in [-0.4, -0.2) is 30.0 Å². The van der Waals surface area contributed by atoms with Crippen molar-refractivity contribution in [2.45, 2.75) is 45.1 Å². The third kappa shape index (κ3) is 6.45. The Bertz CT molecular complexity index is 536. The number of hydrogen-bond acceptors (Lipinski definition) is 4. The second-order valence-electron chi connectivity index (χ2n) is 6.25. The first kappa shape index (κ1) is 20.4. The summed E-state index contributed by atoms with van der Waals surface area (Å²) in [5.74, 6) is 0.314. The quantitative estimate of drug-likeness (QED) is 0.447. The smallest absolute Gasteiger partial charge is 0.269 e.